The highest BCUT2D eigenvalue weighted by molar-refractivity contribution is 5.86. The highest BCUT2D eigenvalue weighted by Crippen LogP contribution is 2.31. The van der Waals surface area contributed by atoms with Gasteiger partial charge in [0.15, 0.2) is 0 Å². The third-order valence-electron chi connectivity index (χ3n) is 3.38. The molecule has 1 aliphatic heterocycles. The first-order valence-corrected chi connectivity index (χ1v) is 6.79. The molecule has 0 aromatic carbocycles. The topological polar surface area (TPSA) is 67.4 Å². The summed E-state index contributed by atoms with van der Waals surface area (Å²) in [5, 5.41) is 5.99. The molecule has 5 nitrogen and oxygen atoms in total. The summed E-state index contributed by atoms with van der Waals surface area (Å²) in [6, 6.07) is 0. The van der Waals surface area contributed by atoms with Crippen LogP contribution in [0.5, 0.6) is 0 Å². The Labute approximate surface area is 109 Å². The maximum atomic E-state index is 12.3. The van der Waals surface area contributed by atoms with Crippen LogP contribution >= 0.6 is 0 Å². The quantitative estimate of drug-likeness (QED) is 0.691. The molecule has 1 atom stereocenters. The van der Waals surface area contributed by atoms with Crippen LogP contribution in [0, 0.1) is 5.41 Å². The van der Waals surface area contributed by atoms with Crippen molar-refractivity contribution in [2.75, 3.05) is 26.2 Å². The Hall–Kier alpha value is -1.10. The normalized spacial score (nSPS) is 23.4. The summed E-state index contributed by atoms with van der Waals surface area (Å²) in [5.41, 5.74) is -0.348. The molecule has 104 valence electrons. The van der Waals surface area contributed by atoms with Crippen LogP contribution in [-0.2, 0) is 14.3 Å². The van der Waals surface area contributed by atoms with Crippen molar-refractivity contribution in [1.29, 1.82) is 0 Å². The van der Waals surface area contributed by atoms with Gasteiger partial charge in [-0.1, -0.05) is 13.3 Å². The smallest absolute Gasteiger partial charge is 0.325 e. The second-order valence-electron chi connectivity index (χ2n) is 4.80. The van der Waals surface area contributed by atoms with Gasteiger partial charge in [0.05, 0.1) is 12.0 Å². The summed E-state index contributed by atoms with van der Waals surface area (Å²) in [5.74, 6) is -0.397. The van der Waals surface area contributed by atoms with Crippen molar-refractivity contribution in [3.63, 3.8) is 0 Å². The number of ether oxygens (including phenoxy) is 1. The number of amides is 1. The fourth-order valence-electron chi connectivity index (χ4n) is 2.52. The molecule has 0 aliphatic carbocycles. The van der Waals surface area contributed by atoms with Gasteiger partial charge in [-0.3, -0.25) is 9.59 Å². The number of hydrogen-bond acceptors (Lipinski definition) is 4. The first-order chi connectivity index (χ1) is 8.64. The molecule has 2 N–H and O–H groups in total. The van der Waals surface area contributed by atoms with E-state index in [9.17, 15) is 9.59 Å². The van der Waals surface area contributed by atoms with Crippen LogP contribution in [0.1, 0.15) is 39.5 Å². The minimum Gasteiger partial charge on any atom is -0.465 e. The zero-order valence-electron chi connectivity index (χ0n) is 11.4. The molecule has 0 aromatic heterocycles. The van der Waals surface area contributed by atoms with E-state index in [4.69, 9.17) is 4.74 Å². The van der Waals surface area contributed by atoms with Crippen LogP contribution in [-0.4, -0.2) is 38.1 Å². The lowest BCUT2D eigenvalue weighted by Crippen LogP contribution is -2.51. The Morgan fingerprint density at radius 3 is 2.72 bits per heavy atom. The molecule has 1 saturated heterocycles. The van der Waals surface area contributed by atoms with Crippen molar-refractivity contribution >= 4 is 11.9 Å². The number of carbonyl (C=O) groups excluding carboxylic acids is 2. The molecule has 1 rings (SSSR count). The molecule has 1 amide bonds. The fraction of sp³-hybridized carbons (Fsp3) is 0.846. The van der Waals surface area contributed by atoms with Gasteiger partial charge in [-0.15, -0.1) is 0 Å². The van der Waals surface area contributed by atoms with Crippen LogP contribution in [0.4, 0.5) is 0 Å². The van der Waals surface area contributed by atoms with E-state index < -0.39 is 0 Å². The third-order valence-corrected chi connectivity index (χ3v) is 3.38. The Morgan fingerprint density at radius 1 is 1.39 bits per heavy atom. The number of esters is 1. The highest BCUT2D eigenvalue weighted by atomic mass is 16.5. The van der Waals surface area contributed by atoms with Crippen molar-refractivity contribution < 1.29 is 14.3 Å². The van der Waals surface area contributed by atoms with Crippen molar-refractivity contribution in [3.05, 3.63) is 0 Å². The van der Waals surface area contributed by atoms with E-state index in [2.05, 4.69) is 17.6 Å². The van der Waals surface area contributed by atoms with Crippen molar-refractivity contribution in [2.45, 2.75) is 39.5 Å². The molecule has 0 saturated carbocycles. The van der Waals surface area contributed by atoms with E-state index in [0.717, 1.165) is 32.2 Å². The SMILES string of the molecule is CCCC1(C(=O)NCC(=O)OCC)CCCNC1. The van der Waals surface area contributed by atoms with Gasteiger partial charge in [0.25, 0.3) is 0 Å². The lowest BCUT2D eigenvalue weighted by Gasteiger charge is -2.36. The molecule has 1 aliphatic rings. The standard InChI is InChI=1S/C13H24N2O3/c1-3-6-13(7-5-8-14-10-13)12(17)15-9-11(16)18-4-2/h14H,3-10H2,1-2H3,(H,15,17). The van der Waals surface area contributed by atoms with Gasteiger partial charge < -0.3 is 15.4 Å². The predicted molar refractivity (Wildman–Crippen MR) is 69.1 cm³/mol. The second kappa shape index (κ2) is 7.36. The summed E-state index contributed by atoms with van der Waals surface area (Å²) in [7, 11) is 0. The van der Waals surface area contributed by atoms with E-state index in [1.165, 1.54) is 0 Å². The molecular formula is C13H24N2O3. The molecule has 0 aromatic rings. The summed E-state index contributed by atoms with van der Waals surface area (Å²) in [6.07, 6.45) is 3.72. The number of nitrogens with one attached hydrogen (secondary N) is 2. The fourth-order valence-corrected chi connectivity index (χ4v) is 2.52. The van der Waals surface area contributed by atoms with Gasteiger partial charge >= 0.3 is 5.97 Å². The van der Waals surface area contributed by atoms with E-state index in [-0.39, 0.29) is 23.8 Å². The second-order valence-corrected chi connectivity index (χ2v) is 4.80. The molecule has 5 heteroatoms. The van der Waals surface area contributed by atoms with E-state index >= 15 is 0 Å². The molecule has 1 heterocycles. The van der Waals surface area contributed by atoms with Crippen LogP contribution in [0.15, 0.2) is 0 Å². The predicted octanol–water partition coefficient (Wildman–Crippen LogP) is 0.836. The summed E-state index contributed by atoms with van der Waals surface area (Å²) < 4.78 is 4.80. The Morgan fingerprint density at radius 2 is 2.17 bits per heavy atom. The van der Waals surface area contributed by atoms with Gasteiger partial charge in [-0.05, 0) is 32.7 Å². The van der Waals surface area contributed by atoms with E-state index in [0.29, 0.717) is 13.2 Å². The average Bonchev–Trinajstić information content (AvgIpc) is 2.38. The summed E-state index contributed by atoms with van der Waals surface area (Å²) in [4.78, 5) is 23.5. The van der Waals surface area contributed by atoms with Crippen LogP contribution in [0.2, 0.25) is 0 Å². The number of rotatable bonds is 6. The maximum Gasteiger partial charge on any atom is 0.325 e. The monoisotopic (exact) mass is 256 g/mol. The van der Waals surface area contributed by atoms with Crippen LogP contribution < -0.4 is 10.6 Å². The first kappa shape index (κ1) is 15.0. The van der Waals surface area contributed by atoms with Gasteiger partial charge in [0, 0.05) is 6.54 Å². The largest absolute Gasteiger partial charge is 0.465 e. The Balaban J connectivity index is 2.51. The molecular weight excluding hydrogens is 232 g/mol. The van der Waals surface area contributed by atoms with Crippen LogP contribution in [0.25, 0.3) is 0 Å². The Kier molecular flexibility index (Phi) is 6.12. The minimum atomic E-state index is -0.374. The zero-order chi connectivity index (χ0) is 13.4. The maximum absolute atomic E-state index is 12.3. The van der Waals surface area contributed by atoms with Crippen molar-refractivity contribution in [2.24, 2.45) is 5.41 Å². The van der Waals surface area contributed by atoms with Crippen molar-refractivity contribution in [3.8, 4) is 0 Å². The molecule has 1 unspecified atom stereocenters. The summed E-state index contributed by atoms with van der Waals surface area (Å²) >= 11 is 0. The number of hydrogen-bond donors (Lipinski definition) is 2. The molecule has 0 radical (unpaired) electrons. The minimum absolute atomic E-state index is 0.0235. The lowest BCUT2D eigenvalue weighted by molar-refractivity contribution is -0.145. The number of carbonyl (C=O) groups is 2. The van der Waals surface area contributed by atoms with E-state index in [1.54, 1.807) is 6.92 Å². The average molecular weight is 256 g/mol. The third kappa shape index (κ3) is 3.98. The molecule has 0 spiro atoms. The van der Waals surface area contributed by atoms with Gasteiger partial charge in [-0.2, -0.15) is 0 Å². The van der Waals surface area contributed by atoms with Gasteiger partial charge in [0.2, 0.25) is 5.91 Å². The highest BCUT2D eigenvalue weighted by Gasteiger charge is 2.38. The van der Waals surface area contributed by atoms with Gasteiger partial charge in [0.1, 0.15) is 6.54 Å². The molecule has 18 heavy (non-hydrogen) atoms. The zero-order valence-corrected chi connectivity index (χ0v) is 11.4. The number of piperidine rings is 1. The Bertz CT molecular complexity index is 280. The van der Waals surface area contributed by atoms with Crippen LogP contribution in [0.3, 0.4) is 0 Å². The summed E-state index contributed by atoms with van der Waals surface area (Å²) in [6.45, 7) is 5.82. The van der Waals surface area contributed by atoms with E-state index in [1.807, 2.05) is 0 Å². The van der Waals surface area contributed by atoms with Crippen molar-refractivity contribution in [1.82, 2.24) is 10.6 Å². The molecule has 1 fully saturated rings. The molecule has 0 bridgehead atoms. The lowest BCUT2D eigenvalue weighted by atomic mass is 9.76. The van der Waals surface area contributed by atoms with Gasteiger partial charge in [-0.25, -0.2) is 0 Å². The first-order valence-electron chi connectivity index (χ1n) is 6.79.